The summed E-state index contributed by atoms with van der Waals surface area (Å²) in [5, 5.41) is 15.0. The molecule has 0 atom stereocenters. The molecule has 0 saturated carbocycles. The van der Waals surface area contributed by atoms with Crippen LogP contribution in [0.1, 0.15) is 12.5 Å². The molecule has 0 aliphatic rings. The van der Waals surface area contributed by atoms with Crippen molar-refractivity contribution in [2.75, 3.05) is 11.9 Å². The van der Waals surface area contributed by atoms with Gasteiger partial charge in [-0.05, 0) is 18.6 Å². The first-order chi connectivity index (χ1) is 9.61. The van der Waals surface area contributed by atoms with E-state index in [9.17, 15) is 10.1 Å². The zero-order valence-electron chi connectivity index (χ0n) is 11.4. The lowest BCUT2D eigenvalue weighted by Gasteiger charge is -2.10. The number of aromatic nitrogens is 2. The van der Waals surface area contributed by atoms with E-state index >= 15 is 0 Å². The molecule has 20 heavy (non-hydrogen) atoms. The normalized spacial score (nSPS) is 10.5. The Morgan fingerprint density at radius 3 is 2.90 bits per heavy atom. The highest BCUT2D eigenvalue weighted by molar-refractivity contribution is 7.98. The van der Waals surface area contributed by atoms with Crippen LogP contribution in [0.2, 0.25) is 0 Å². The van der Waals surface area contributed by atoms with E-state index in [1.54, 1.807) is 30.1 Å². The fourth-order valence-electron chi connectivity index (χ4n) is 1.81. The van der Waals surface area contributed by atoms with Crippen molar-refractivity contribution in [1.29, 1.82) is 0 Å². The number of imidazole rings is 1. The van der Waals surface area contributed by atoms with Gasteiger partial charge in [0, 0.05) is 49.6 Å². The van der Waals surface area contributed by atoms with Crippen molar-refractivity contribution < 1.29 is 4.92 Å². The van der Waals surface area contributed by atoms with Crippen LogP contribution in [-0.2, 0) is 12.8 Å². The van der Waals surface area contributed by atoms with Gasteiger partial charge in [-0.1, -0.05) is 11.8 Å². The van der Waals surface area contributed by atoms with Gasteiger partial charge in [-0.15, -0.1) is 0 Å². The van der Waals surface area contributed by atoms with E-state index in [-0.39, 0.29) is 10.6 Å². The first-order valence-electron chi connectivity index (χ1n) is 6.23. The van der Waals surface area contributed by atoms with Crippen LogP contribution in [0, 0.1) is 10.1 Å². The van der Waals surface area contributed by atoms with Gasteiger partial charge in [0.1, 0.15) is 0 Å². The first kappa shape index (κ1) is 14.4. The summed E-state index contributed by atoms with van der Waals surface area (Å²) < 4.78 is 1.93. The molecule has 106 valence electrons. The minimum atomic E-state index is -0.370. The number of hydrogen-bond acceptors (Lipinski definition) is 5. The third kappa shape index (κ3) is 3.30. The van der Waals surface area contributed by atoms with Gasteiger partial charge in [0.2, 0.25) is 0 Å². The Kier molecular flexibility index (Phi) is 4.62. The fraction of sp³-hybridized carbons (Fsp3) is 0.308. The van der Waals surface area contributed by atoms with E-state index in [2.05, 4.69) is 10.3 Å². The third-order valence-electron chi connectivity index (χ3n) is 2.80. The Balaban J connectivity index is 2.21. The molecule has 0 spiro atoms. The van der Waals surface area contributed by atoms with Crippen LogP contribution in [0.15, 0.2) is 35.7 Å². The monoisotopic (exact) mass is 292 g/mol. The van der Waals surface area contributed by atoms with E-state index in [0.29, 0.717) is 5.75 Å². The Bertz CT molecular complexity index is 612. The van der Waals surface area contributed by atoms with Crippen molar-refractivity contribution >= 4 is 23.1 Å². The van der Waals surface area contributed by atoms with Crippen molar-refractivity contribution in [3.8, 4) is 0 Å². The van der Waals surface area contributed by atoms with Crippen LogP contribution >= 0.6 is 11.8 Å². The van der Waals surface area contributed by atoms with Crippen LogP contribution < -0.4 is 5.32 Å². The highest BCUT2D eigenvalue weighted by Crippen LogP contribution is 2.28. The molecule has 2 rings (SSSR count). The number of thioether (sulfide) groups is 1. The number of hydrogen-bond donors (Lipinski definition) is 1. The van der Waals surface area contributed by atoms with Crippen molar-refractivity contribution in [2.24, 2.45) is 7.05 Å². The molecule has 0 saturated heterocycles. The number of nitro benzene ring substituents is 1. The molecule has 2 aromatic rings. The Hall–Kier alpha value is -2.02. The van der Waals surface area contributed by atoms with Crippen molar-refractivity contribution in [3.05, 3.63) is 46.3 Å². The number of nitro groups is 1. The highest BCUT2D eigenvalue weighted by atomic mass is 32.2. The Morgan fingerprint density at radius 2 is 2.30 bits per heavy atom. The lowest BCUT2D eigenvalue weighted by atomic mass is 10.2. The van der Waals surface area contributed by atoms with Gasteiger partial charge in [-0.25, -0.2) is 4.98 Å². The number of rotatable bonds is 6. The molecule has 7 heteroatoms. The van der Waals surface area contributed by atoms with Gasteiger partial charge in [-0.2, -0.15) is 0 Å². The zero-order chi connectivity index (χ0) is 14.5. The molecule has 0 aliphatic carbocycles. The van der Waals surface area contributed by atoms with Crippen LogP contribution in [0.4, 0.5) is 11.4 Å². The van der Waals surface area contributed by atoms with Gasteiger partial charge < -0.3 is 9.88 Å². The fourth-order valence-corrected chi connectivity index (χ4v) is 2.73. The molecule has 0 aliphatic heterocycles. The van der Waals surface area contributed by atoms with Crippen molar-refractivity contribution in [3.63, 3.8) is 0 Å². The predicted octanol–water partition coefficient (Wildman–Crippen LogP) is 3.05. The second-order valence-electron chi connectivity index (χ2n) is 4.24. The van der Waals surface area contributed by atoms with E-state index in [1.165, 1.54) is 6.07 Å². The second-order valence-corrected chi connectivity index (χ2v) is 5.18. The number of aryl methyl sites for hydroxylation is 1. The predicted molar refractivity (Wildman–Crippen MR) is 80.0 cm³/mol. The maximum absolute atomic E-state index is 10.9. The van der Waals surface area contributed by atoms with Crippen molar-refractivity contribution in [2.45, 2.75) is 17.8 Å². The maximum atomic E-state index is 10.9. The second kappa shape index (κ2) is 6.42. The van der Waals surface area contributed by atoms with E-state index < -0.39 is 0 Å². The number of nitrogens with zero attached hydrogens (tertiary/aromatic N) is 3. The molecular formula is C13H16N4O2S. The summed E-state index contributed by atoms with van der Waals surface area (Å²) in [6.45, 7) is 2.77. The summed E-state index contributed by atoms with van der Waals surface area (Å²) in [5.41, 5.74) is 1.95. The topological polar surface area (TPSA) is 73.0 Å². The largest absolute Gasteiger partial charge is 0.385 e. The summed E-state index contributed by atoms with van der Waals surface area (Å²) in [4.78, 5) is 14.7. The molecule has 0 unspecified atom stereocenters. The molecule has 6 nitrogen and oxygen atoms in total. The molecule has 0 bridgehead atoms. The molecule has 1 N–H and O–H groups in total. The van der Waals surface area contributed by atoms with Gasteiger partial charge in [0.15, 0.2) is 5.16 Å². The average Bonchev–Trinajstić information content (AvgIpc) is 2.83. The standard InChI is InChI=1S/C13H16N4O2S/c1-3-14-12-5-4-11(17(18)19)8-10(12)9-20-13-15-6-7-16(13)2/h4-8,14H,3,9H2,1-2H3. The number of benzene rings is 1. The number of anilines is 1. The molecular weight excluding hydrogens is 276 g/mol. The summed E-state index contributed by atoms with van der Waals surface area (Å²) in [7, 11) is 1.92. The zero-order valence-corrected chi connectivity index (χ0v) is 12.2. The van der Waals surface area contributed by atoms with Crippen LogP contribution in [0.3, 0.4) is 0 Å². The lowest BCUT2D eigenvalue weighted by Crippen LogP contribution is -2.01. The maximum Gasteiger partial charge on any atom is 0.269 e. The number of nitrogens with one attached hydrogen (secondary N) is 1. The molecule has 0 radical (unpaired) electrons. The van der Waals surface area contributed by atoms with E-state index in [1.807, 2.05) is 24.7 Å². The number of non-ortho nitro benzene ring substituents is 1. The highest BCUT2D eigenvalue weighted by Gasteiger charge is 2.11. The van der Waals surface area contributed by atoms with E-state index in [0.717, 1.165) is 23.0 Å². The lowest BCUT2D eigenvalue weighted by molar-refractivity contribution is -0.384. The molecule has 1 aromatic heterocycles. The summed E-state index contributed by atoms with van der Waals surface area (Å²) in [6, 6.07) is 4.90. The minimum absolute atomic E-state index is 0.113. The molecule has 0 amide bonds. The molecule has 0 fully saturated rings. The van der Waals surface area contributed by atoms with Gasteiger partial charge in [-0.3, -0.25) is 10.1 Å². The third-order valence-corrected chi connectivity index (χ3v) is 3.91. The minimum Gasteiger partial charge on any atom is -0.385 e. The smallest absolute Gasteiger partial charge is 0.269 e. The summed E-state index contributed by atoms with van der Waals surface area (Å²) in [5.74, 6) is 0.634. The quantitative estimate of drug-likeness (QED) is 0.503. The summed E-state index contributed by atoms with van der Waals surface area (Å²) in [6.07, 6.45) is 3.61. The van der Waals surface area contributed by atoms with Crippen LogP contribution in [0.25, 0.3) is 0 Å². The van der Waals surface area contributed by atoms with Gasteiger partial charge in [0.25, 0.3) is 5.69 Å². The van der Waals surface area contributed by atoms with Crippen molar-refractivity contribution in [1.82, 2.24) is 9.55 Å². The summed E-state index contributed by atoms with van der Waals surface area (Å²) >= 11 is 1.56. The first-order valence-corrected chi connectivity index (χ1v) is 7.21. The van der Waals surface area contributed by atoms with Gasteiger partial charge in [0.05, 0.1) is 4.92 Å². The Labute approximate surface area is 121 Å². The molecule has 1 aromatic carbocycles. The van der Waals surface area contributed by atoms with Gasteiger partial charge >= 0.3 is 0 Å². The van der Waals surface area contributed by atoms with Crippen LogP contribution in [-0.4, -0.2) is 21.0 Å². The Morgan fingerprint density at radius 1 is 1.50 bits per heavy atom. The SMILES string of the molecule is CCNc1ccc([N+](=O)[O-])cc1CSc1nccn1C. The average molecular weight is 292 g/mol. The molecule has 1 heterocycles. The van der Waals surface area contributed by atoms with E-state index in [4.69, 9.17) is 0 Å². The van der Waals surface area contributed by atoms with Crippen LogP contribution in [0.5, 0.6) is 0 Å².